The van der Waals surface area contributed by atoms with Gasteiger partial charge in [-0.15, -0.1) is 0 Å². The Morgan fingerprint density at radius 3 is 2.56 bits per heavy atom. The van der Waals surface area contributed by atoms with E-state index in [-0.39, 0.29) is 11.7 Å². The third-order valence-corrected chi connectivity index (χ3v) is 4.91. The van der Waals surface area contributed by atoms with Gasteiger partial charge in [0, 0.05) is 0 Å². The van der Waals surface area contributed by atoms with Gasteiger partial charge in [0.25, 0.3) is 5.56 Å². The van der Waals surface area contributed by atoms with E-state index in [2.05, 4.69) is 10.1 Å². The second-order valence-corrected chi connectivity index (χ2v) is 6.49. The lowest BCUT2D eigenvalue weighted by molar-refractivity contribution is 0.224. The maximum Gasteiger partial charge on any atom is 0.283 e. The van der Waals surface area contributed by atoms with Crippen molar-refractivity contribution in [2.45, 2.75) is 13.0 Å². The fraction of sp³-hybridized carbons (Fsp3) is 0.167. The molecule has 126 valence electrons. The number of aromatic nitrogens is 3. The van der Waals surface area contributed by atoms with Gasteiger partial charge in [-0.1, -0.05) is 23.5 Å². The van der Waals surface area contributed by atoms with E-state index in [9.17, 15) is 4.79 Å². The second kappa shape index (κ2) is 6.18. The van der Waals surface area contributed by atoms with E-state index in [1.165, 1.54) is 15.9 Å². The molecule has 0 radical (unpaired) electrons. The average Bonchev–Trinajstić information content (AvgIpc) is 3.07. The lowest BCUT2D eigenvalue weighted by Gasteiger charge is -2.11. The first kappa shape index (κ1) is 15.6. The van der Waals surface area contributed by atoms with Crippen LogP contribution < -0.4 is 15.0 Å². The zero-order chi connectivity index (χ0) is 17.4. The van der Waals surface area contributed by atoms with E-state index in [1.807, 2.05) is 49.4 Å². The summed E-state index contributed by atoms with van der Waals surface area (Å²) in [6.07, 6.45) is -0.303. The van der Waals surface area contributed by atoms with Gasteiger partial charge in [-0.3, -0.25) is 4.79 Å². The van der Waals surface area contributed by atoms with Crippen LogP contribution in [0.15, 0.2) is 53.3 Å². The molecule has 0 spiro atoms. The number of benzene rings is 2. The van der Waals surface area contributed by atoms with Crippen LogP contribution in [0.25, 0.3) is 15.9 Å². The molecule has 0 amide bonds. The molecule has 0 fully saturated rings. The van der Waals surface area contributed by atoms with Gasteiger partial charge < -0.3 is 9.47 Å². The Balaban J connectivity index is 1.69. The molecule has 4 rings (SSSR count). The van der Waals surface area contributed by atoms with E-state index >= 15 is 0 Å². The molecule has 2 heterocycles. The standard InChI is InChI=1S/C18H15N3O3S/c1-11(24-13-9-7-12(23-2)8-10-13)16-20-21-17(22)14-5-3-4-6-15(14)19-18(21)25-16/h3-11H,1-2H3. The molecule has 1 atom stereocenters. The molecule has 2 aromatic heterocycles. The maximum absolute atomic E-state index is 12.6. The second-order valence-electron chi connectivity index (χ2n) is 5.50. The van der Waals surface area contributed by atoms with Gasteiger partial charge in [-0.05, 0) is 43.3 Å². The monoisotopic (exact) mass is 353 g/mol. The summed E-state index contributed by atoms with van der Waals surface area (Å²) in [4.78, 5) is 17.6. The van der Waals surface area contributed by atoms with Gasteiger partial charge in [0.2, 0.25) is 4.96 Å². The van der Waals surface area contributed by atoms with Crippen LogP contribution in [-0.2, 0) is 0 Å². The van der Waals surface area contributed by atoms with Crippen molar-refractivity contribution in [1.82, 2.24) is 14.6 Å². The highest BCUT2D eigenvalue weighted by atomic mass is 32.1. The summed E-state index contributed by atoms with van der Waals surface area (Å²) in [5.41, 5.74) is 0.506. The number of para-hydroxylation sites is 1. The van der Waals surface area contributed by atoms with E-state index in [4.69, 9.17) is 9.47 Å². The normalized spacial score (nSPS) is 12.4. The predicted molar refractivity (Wildman–Crippen MR) is 96.7 cm³/mol. The van der Waals surface area contributed by atoms with Crippen LogP contribution in [-0.4, -0.2) is 21.7 Å². The van der Waals surface area contributed by atoms with Gasteiger partial charge in [0.15, 0.2) is 5.01 Å². The molecule has 0 saturated heterocycles. The Bertz CT molecular complexity index is 1100. The number of methoxy groups -OCH3 is 1. The minimum Gasteiger partial charge on any atom is -0.497 e. The van der Waals surface area contributed by atoms with Crippen molar-refractivity contribution in [1.29, 1.82) is 0 Å². The Morgan fingerprint density at radius 1 is 1.08 bits per heavy atom. The molecule has 0 aliphatic rings. The molecule has 0 bridgehead atoms. The average molecular weight is 353 g/mol. The van der Waals surface area contributed by atoms with Crippen molar-refractivity contribution in [2.24, 2.45) is 0 Å². The van der Waals surface area contributed by atoms with E-state index in [0.717, 1.165) is 5.75 Å². The molecule has 7 heteroatoms. The topological polar surface area (TPSA) is 65.7 Å². The molecule has 4 aromatic rings. The van der Waals surface area contributed by atoms with Crippen LogP contribution in [0.3, 0.4) is 0 Å². The highest BCUT2D eigenvalue weighted by Gasteiger charge is 2.16. The maximum atomic E-state index is 12.6. The minimum absolute atomic E-state index is 0.167. The Kier molecular flexibility index (Phi) is 3.85. The van der Waals surface area contributed by atoms with Crippen LogP contribution in [0.1, 0.15) is 18.0 Å². The largest absolute Gasteiger partial charge is 0.497 e. The van der Waals surface area contributed by atoms with E-state index in [1.54, 1.807) is 13.2 Å². The fourth-order valence-electron chi connectivity index (χ4n) is 2.54. The van der Waals surface area contributed by atoms with Gasteiger partial charge >= 0.3 is 0 Å². The summed E-state index contributed by atoms with van der Waals surface area (Å²) < 4.78 is 12.4. The summed E-state index contributed by atoms with van der Waals surface area (Å²) >= 11 is 1.35. The smallest absolute Gasteiger partial charge is 0.283 e. The molecule has 0 aliphatic carbocycles. The molecule has 6 nitrogen and oxygen atoms in total. The van der Waals surface area contributed by atoms with Gasteiger partial charge in [-0.25, -0.2) is 4.98 Å². The highest BCUT2D eigenvalue weighted by Crippen LogP contribution is 2.26. The Labute approximate surface area is 147 Å². The summed E-state index contributed by atoms with van der Waals surface area (Å²) in [5, 5.41) is 5.65. The van der Waals surface area contributed by atoms with Crippen molar-refractivity contribution in [3.63, 3.8) is 0 Å². The minimum atomic E-state index is -0.303. The summed E-state index contributed by atoms with van der Waals surface area (Å²) in [7, 11) is 1.62. The Morgan fingerprint density at radius 2 is 1.80 bits per heavy atom. The van der Waals surface area contributed by atoms with Crippen molar-refractivity contribution in [3.05, 3.63) is 63.9 Å². The van der Waals surface area contributed by atoms with Crippen molar-refractivity contribution in [2.75, 3.05) is 7.11 Å². The molecule has 25 heavy (non-hydrogen) atoms. The first-order valence-electron chi connectivity index (χ1n) is 7.75. The summed E-state index contributed by atoms with van der Waals surface area (Å²) in [6, 6.07) is 14.6. The predicted octanol–water partition coefficient (Wildman–Crippen LogP) is 3.45. The zero-order valence-corrected chi connectivity index (χ0v) is 14.5. The quantitative estimate of drug-likeness (QED) is 0.562. The number of hydrogen-bond acceptors (Lipinski definition) is 6. The van der Waals surface area contributed by atoms with Crippen LogP contribution in [0, 0.1) is 0 Å². The van der Waals surface area contributed by atoms with Crippen LogP contribution >= 0.6 is 11.3 Å². The van der Waals surface area contributed by atoms with Crippen molar-refractivity contribution >= 4 is 27.2 Å². The molecule has 0 N–H and O–H groups in total. The third kappa shape index (κ3) is 2.83. The molecule has 0 aliphatic heterocycles. The SMILES string of the molecule is COc1ccc(OC(C)c2nn3c(=O)c4ccccc4nc3s2)cc1. The first-order valence-corrected chi connectivity index (χ1v) is 8.56. The lowest BCUT2D eigenvalue weighted by Crippen LogP contribution is -2.15. The molecular weight excluding hydrogens is 338 g/mol. The van der Waals surface area contributed by atoms with E-state index in [0.29, 0.717) is 26.6 Å². The van der Waals surface area contributed by atoms with Crippen LogP contribution in [0.5, 0.6) is 11.5 Å². The fourth-order valence-corrected chi connectivity index (χ4v) is 3.42. The molecule has 0 saturated carbocycles. The van der Waals surface area contributed by atoms with Crippen molar-refractivity contribution in [3.8, 4) is 11.5 Å². The molecule has 2 aromatic carbocycles. The summed E-state index contributed by atoms with van der Waals surface area (Å²) in [6.45, 7) is 1.90. The Hall–Kier alpha value is -2.93. The number of nitrogens with zero attached hydrogens (tertiary/aromatic N) is 3. The number of fused-ring (bicyclic) bond motifs is 2. The van der Waals surface area contributed by atoms with Crippen LogP contribution in [0.2, 0.25) is 0 Å². The zero-order valence-electron chi connectivity index (χ0n) is 13.7. The van der Waals surface area contributed by atoms with Crippen LogP contribution in [0.4, 0.5) is 0 Å². The summed E-state index contributed by atoms with van der Waals surface area (Å²) in [5.74, 6) is 1.47. The highest BCUT2D eigenvalue weighted by molar-refractivity contribution is 7.16. The van der Waals surface area contributed by atoms with Gasteiger partial charge in [-0.2, -0.15) is 9.61 Å². The lowest BCUT2D eigenvalue weighted by atomic mass is 10.2. The molecule has 1 unspecified atom stereocenters. The number of rotatable bonds is 4. The third-order valence-electron chi connectivity index (χ3n) is 3.84. The number of ether oxygens (including phenoxy) is 2. The van der Waals surface area contributed by atoms with E-state index < -0.39 is 0 Å². The van der Waals surface area contributed by atoms with Gasteiger partial charge in [0.05, 0.1) is 18.0 Å². The van der Waals surface area contributed by atoms with Crippen molar-refractivity contribution < 1.29 is 9.47 Å². The number of hydrogen-bond donors (Lipinski definition) is 0. The molecular formula is C18H15N3O3S. The first-order chi connectivity index (χ1) is 12.2. The van der Waals surface area contributed by atoms with Gasteiger partial charge in [0.1, 0.15) is 17.6 Å².